The second-order valence-corrected chi connectivity index (χ2v) is 7.84. The lowest BCUT2D eigenvalue weighted by atomic mass is 10.1. The average Bonchev–Trinajstić information content (AvgIpc) is 3.26. The Morgan fingerprint density at radius 1 is 1.11 bits per heavy atom. The first-order valence-electron chi connectivity index (χ1n) is 9.35. The van der Waals surface area contributed by atoms with E-state index < -0.39 is 0 Å². The molecule has 0 spiro atoms. The zero-order valence-corrected chi connectivity index (χ0v) is 17.0. The number of rotatable bonds is 5. The molecular weight excluding hydrogens is 368 g/mol. The van der Waals surface area contributed by atoms with E-state index in [2.05, 4.69) is 17.3 Å². The van der Waals surface area contributed by atoms with Crippen molar-refractivity contribution in [1.29, 1.82) is 0 Å². The van der Waals surface area contributed by atoms with E-state index in [1.54, 1.807) is 11.3 Å². The van der Waals surface area contributed by atoms with Crippen molar-refractivity contribution in [3.8, 4) is 11.3 Å². The molecule has 2 aromatic carbocycles. The minimum atomic E-state index is -0.0944. The van der Waals surface area contributed by atoms with Crippen LogP contribution < -0.4 is 5.32 Å². The van der Waals surface area contributed by atoms with Crippen LogP contribution in [0.15, 0.2) is 48.5 Å². The first-order valence-corrected chi connectivity index (χ1v) is 10.2. The van der Waals surface area contributed by atoms with Crippen LogP contribution in [0, 0.1) is 13.8 Å². The van der Waals surface area contributed by atoms with Crippen molar-refractivity contribution in [2.24, 2.45) is 0 Å². The van der Waals surface area contributed by atoms with Crippen LogP contribution in [-0.2, 0) is 13.0 Å². The molecule has 0 saturated heterocycles. The van der Waals surface area contributed by atoms with Crippen LogP contribution in [0.3, 0.4) is 0 Å². The van der Waals surface area contributed by atoms with Gasteiger partial charge in [0.1, 0.15) is 5.01 Å². The highest BCUT2D eigenvalue weighted by Gasteiger charge is 2.18. The van der Waals surface area contributed by atoms with Crippen LogP contribution >= 0.6 is 11.3 Å². The SMILES string of the molecule is CCc1nn2c(CNC(=O)c3ccc(C)c(C)c3)c(-c3ccccc3)nc2s1. The van der Waals surface area contributed by atoms with Crippen molar-refractivity contribution in [3.63, 3.8) is 0 Å². The minimum absolute atomic E-state index is 0.0944. The number of amides is 1. The molecule has 1 amide bonds. The quantitative estimate of drug-likeness (QED) is 0.543. The van der Waals surface area contributed by atoms with Gasteiger partial charge in [-0.05, 0) is 43.5 Å². The van der Waals surface area contributed by atoms with Gasteiger partial charge in [0.2, 0.25) is 4.96 Å². The van der Waals surface area contributed by atoms with Gasteiger partial charge in [0, 0.05) is 11.1 Å². The molecule has 0 radical (unpaired) electrons. The fraction of sp³-hybridized carbons (Fsp3) is 0.227. The number of carbonyl (C=O) groups excluding carboxylic acids is 1. The minimum Gasteiger partial charge on any atom is -0.346 e. The van der Waals surface area contributed by atoms with Crippen molar-refractivity contribution >= 4 is 22.2 Å². The van der Waals surface area contributed by atoms with Crippen molar-refractivity contribution < 1.29 is 4.79 Å². The van der Waals surface area contributed by atoms with Crippen molar-refractivity contribution in [2.45, 2.75) is 33.7 Å². The number of nitrogens with one attached hydrogen (secondary N) is 1. The molecule has 142 valence electrons. The van der Waals surface area contributed by atoms with E-state index in [9.17, 15) is 4.79 Å². The fourth-order valence-corrected chi connectivity index (χ4v) is 3.96. The maximum atomic E-state index is 12.7. The lowest BCUT2D eigenvalue weighted by molar-refractivity contribution is 0.0950. The molecule has 6 heteroatoms. The zero-order chi connectivity index (χ0) is 19.7. The Morgan fingerprint density at radius 2 is 1.89 bits per heavy atom. The Labute approximate surface area is 168 Å². The van der Waals surface area contributed by atoms with Gasteiger partial charge in [0.25, 0.3) is 5.91 Å². The van der Waals surface area contributed by atoms with E-state index in [1.807, 2.05) is 66.9 Å². The normalized spacial score (nSPS) is 11.1. The molecule has 0 bridgehead atoms. The van der Waals surface area contributed by atoms with Crippen LogP contribution in [0.25, 0.3) is 16.2 Å². The first-order chi connectivity index (χ1) is 13.6. The van der Waals surface area contributed by atoms with E-state index in [0.717, 1.165) is 38.9 Å². The van der Waals surface area contributed by atoms with Crippen molar-refractivity contribution in [1.82, 2.24) is 19.9 Å². The van der Waals surface area contributed by atoms with Gasteiger partial charge in [-0.2, -0.15) is 5.10 Å². The molecule has 0 atom stereocenters. The maximum Gasteiger partial charge on any atom is 0.251 e. The third kappa shape index (κ3) is 3.43. The summed E-state index contributed by atoms with van der Waals surface area (Å²) in [4.78, 5) is 18.3. The van der Waals surface area contributed by atoms with Crippen molar-refractivity contribution in [3.05, 3.63) is 75.9 Å². The Balaban J connectivity index is 1.67. The summed E-state index contributed by atoms with van der Waals surface area (Å²) in [6.07, 6.45) is 0.864. The number of nitrogens with zero attached hydrogens (tertiary/aromatic N) is 3. The van der Waals surface area contributed by atoms with Gasteiger partial charge in [-0.25, -0.2) is 9.50 Å². The maximum absolute atomic E-state index is 12.7. The number of fused-ring (bicyclic) bond motifs is 1. The first kappa shape index (κ1) is 18.4. The van der Waals surface area contributed by atoms with Crippen molar-refractivity contribution in [2.75, 3.05) is 0 Å². The molecule has 4 aromatic rings. The molecule has 5 nitrogen and oxygen atoms in total. The molecule has 0 aliphatic heterocycles. The predicted molar refractivity (Wildman–Crippen MR) is 113 cm³/mol. The third-order valence-electron chi connectivity index (χ3n) is 4.87. The largest absolute Gasteiger partial charge is 0.346 e. The molecule has 0 saturated carbocycles. The summed E-state index contributed by atoms with van der Waals surface area (Å²) in [7, 11) is 0. The molecule has 0 aliphatic carbocycles. The highest BCUT2D eigenvalue weighted by molar-refractivity contribution is 7.16. The van der Waals surface area contributed by atoms with E-state index in [-0.39, 0.29) is 5.91 Å². The predicted octanol–water partition coefficient (Wildman–Crippen LogP) is 4.57. The van der Waals surface area contributed by atoms with Crippen LogP contribution in [-0.4, -0.2) is 20.5 Å². The molecule has 1 N–H and O–H groups in total. The summed E-state index contributed by atoms with van der Waals surface area (Å²) in [6, 6.07) is 15.8. The number of benzene rings is 2. The van der Waals surface area contributed by atoms with E-state index in [1.165, 1.54) is 5.56 Å². The summed E-state index contributed by atoms with van der Waals surface area (Å²) in [5, 5.41) is 8.75. The average molecular weight is 391 g/mol. The van der Waals surface area contributed by atoms with Gasteiger partial charge in [-0.3, -0.25) is 4.79 Å². The van der Waals surface area contributed by atoms with Gasteiger partial charge >= 0.3 is 0 Å². The van der Waals surface area contributed by atoms with E-state index in [4.69, 9.17) is 4.98 Å². The zero-order valence-electron chi connectivity index (χ0n) is 16.2. The summed E-state index contributed by atoms with van der Waals surface area (Å²) in [5.74, 6) is -0.0944. The highest BCUT2D eigenvalue weighted by Crippen LogP contribution is 2.27. The van der Waals surface area contributed by atoms with Gasteiger partial charge in [0.05, 0.1) is 17.9 Å². The standard InChI is InChI=1S/C22H22N4OS/c1-4-19-25-26-18(13-23-21(27)17-11-10-14(2)15(3)12-17)20(24-22(26)28-19)16-8-6-5-7-9-16/h5-12H,4,13H2,1-3H3,(H,23,27). The molecule has 4 rings (SSSR count). The Bertz CT molecular complexity index is 1140. The monoisotopic (exact) mass is 390 g/mol. The number of aryl methyl sites for hydroxylation is 3. The third-order valence-corrected chi connectivity index (χ3v) is 5.93. The highest BCUT2D eigenvalue weighted by atomic mass is 32.1. The van der Waals surface area contributed by atoms with Crippen LogP contribution in [0.5, 0.6) is 0 Å². The fourth-order valence-electron chi connectivity index (χ4n) is 3.11. The second-order valence-electron chi connectivity index (χ2n) is 6.80. The summed E-state index contributed by atoms with van der Waals surface area (Å²) < 4.78 is 1.87. The van der Waals surface area contributed by atoms with Crippen LogP contribution in [0.4, 0.5) is 0 Å². The van der Waals surface area contributed by atoms with Crippen LogP contribution in [0.2, 0.25) is 0 Å². The number of imidazole rings is 1. The summed E-state index contributed by atoms with van der Waals surface area (Å²) >= 11 is 1.59. The molecule has 0 aliphatic rings. The van der Waals surface area contributed by atoms with Crippen LogP contribution in [0.1, 0.15) is 39.1 Å². The molecule has 0 unspecified atom stereocenters. The topological polar surface area (TPSA) is 59.3 Å². The molecule has 2 aromatic heterocycles. The van der Waals surface area contributed by atoms with Gasteiger partial charge < -0.3 is 5.32 Å². The number of hydrogen-bond donors (Lipinski definition) is 1. The number of aromatic nitrogens is 3. The number of hydrogen-bond acceptors (Lipinski definition) is 4. The molecule has 2 heterocycles. The molecular formula is C22H22N4OS. The second kappa shape index (κ2) is 7.56. The number of carbonyl (C=O) groups is 1. The Hall–Kier alpha value is -2.99. The lowest BCUT2D eigenvalue weighted by Gasteiger charge is -2.08. The van der Waals surface area contributed by atoms with Gasteiger partial charge in [-0.1, -0.05) is 54.7 Å². The van der Waals surface area contributed by atoms with E-state index in [0.29, 0.717) is 12.1 Å². The smallest absolute Gasteiger partial charge is 0.251 e. The summed E-state index contributed by atoms with van der Waals surface area (Å²) in [5.41, 5.74) is 5.73. The Kier molecular flexibility index (Phi) is 4.96. The molecule has 0 fully saturated rings. The Morgan fingerprint density at radius 3 is 2.61 bits per heavy atom. The van der Waals surface area contributed by atoms with Gasteiger partial charge in [-0.15, -0.1) is 0 Å². The van der Waals surface area contributed by atoms with Gasteiger partial charge in [0.15, 0.2) is 0 Å². The van der Waals surface area contributed by atoms with E-state index >= 15 is 0 Å². The molecule has 28 heavy (non-hydrogen) atoms. The summed E-state index contributed by atoms with van der Waals surface area (Å²) in [6.45, 7) is 6.50. The lowest BCUT2D eigenvalue weighted by Crippen LogP contribution is -2.24.